The van der Waals surface area contributed by atoms with Crippen LogP contribution in [0, 0.1) is 17.8 Å². The maximum atomic E-state index is 14.5. The van der Waals surface area contributed by atoms with Gasteiger partial charge < -0.3 is 55.0 Å². The Labute approximate surface area is 434 Å². The van der Waals surface area contributed by atoms with Gasteiger partial charge in [-0.3, -0.25) is 28.8 Å². The van der Waals surface area contributed by atoms with Gasteiger partial charge in [-0.1, -0.05) is 89.9 Å². The lowest BCUT2D eigenvalue weighted by molar-refractivity contribution is -0.146. The number of amides is 6. The van der Waals surface area contributed by atoms with Gasteiger partial charge in [0, 0.05) is 93.7 Å². The lowest BCUT2D eigenvalue weighted by atomic mass is 9.89. The Kier molecular flexibility index (Phi) is 23.8. The molecule has 9 atom stereocenters. The van der Waals surface area contributed by atoms with Crippen LogP contribution in [0.25, 0.3) is 0 Å². The van der Waals surface area contributed by atoms with Crippen LogP contribution in [0.4, 0.5) is 5.69 Å². The Balaban J connectivity index is 1.40. The Morgan fingerprint density at radius 2 is 1.53 bits per heavy atom. The average molecular weight is 1020 g/mol. The van der Waals surface area contributed by atoms with Gasteiger partial charge in [-0.15, -0.1) is 0 Å². The zero-order chi connectivity index (χ0) is 53.9. The number of methoxy groups -OCH3 is 2. The number of guanidine groups is 1. The van der Waals surface area contributed by atoms with Crippen molar-refractivity contribution in [1.29, 1.82) is 0 Å². The van der Waals surface area contributed by atoms with Crippen LogP contribution in [0.5, 0.6) is 0 Å². The molecule has 73 heavy (non-hydrogen) atoms. The summed E-state index contributed by atoms with van der Waals surface area (Å²) in [4.78, 5) is 95.1. The zero-order valence-electron chi connectivity index (χ0n) is 45.5. The molecular weight excluding hydrogens is 931 g/mol. The summed E-state index contributed by atoms with van der Waals surface area (Å²) in [7, 11) is 12.5. The fourth-order valence-corrected chi connectivity index (χ4v) is 9.83. The van der Waals surface area contributed by atoms with E-state index in [1.807, 2.05) is 94.3 Å². The average Bonchev–Trinajstić information content (AvgIpc) is 3.98. The highest BCUT2D eigenvalue weighted by atomic mass is 16.5. The highest BCUT2D eigenvalue weighted by Crippen LogP contribution is 2.30. The molecule has 2 aliphatic rings. The highest BCUT2D eigenvalue weighted by Gasteiger charge is 2.43. The van der Waals surface area contributed by atoms with Crippen molar-refractivity contribution in [2.45, 2.75) is 142 Å². The van der Waals surface area contributed by atoms with E-state index in [2.05, 4.69) is 29.8 Å². The van der Waals surface area contributed by atoms with Crippen molar-refractivity contribution in [2.75, 3.05) is 67.9 Å². The Hall–Kier alpha value is -5.85. The highest BCUT2D eigenvalue weighted by molar-refractivity contribution is 5.98. The number of hydrogen-bond acceptors (Lipinski definition) is 10. The lowest BCUT2D eigenvalue weighted by Gasteiger charge is -2.40. The topological polar surface area (TPSA) is 206 Å². The number of likely N-dealkylation sites (N-methyl/N-ethyl adjacent to an activating group) is 1. The number of nitrogens with one attached hydrogen (secondary N) is 3. The molecule has 1 unspecified atom stereocenters. The number of benzene rings is 2. The van der Waals surface area contributed by atoms with Crippen LogP contribution in [0.1, 0.15) is 97.1 Å². The molecule has 18 heteroatoms. The van der Waals surface area contributed by atoms with E-state index in [4.69, 9.17) is 14.5 Å². The molecule has 6 amide bonds. The fourth-order valence-electron chi connectivity index (χ4n) is 9.83. The van der Waals surface area contributed by atoms with Gasteiger partial charge in [0.2, 0.25) is 35.4 Å². The monoisotopic (exact) mass is 1020 g/mol. The number of aliphatic hydroxyl groups is 1. The van der Waals surface area contributed by atoms with Crippen molar-refractivity contribution in [3.05, 3.63) is 77.9 Å². The number of nitrogens with zero attached hydrogens (tertiary/aromatic N) is 6. The third-order valence-corrected chi connectivity index (χ3v) is 14.1. The number of ether oxygens (including phenoxy) is 2. The normalized spacial score (nSPS) is 18.3. The van der Waals surface area contributed by atoms with Crippen LogP contribution in [-0.2, 0) is 51.2 Å². The molecular formula is C55H85N9O9. The summed E-state index contributed by atoms with van der Waals surface area (Å²) in [6.45, 7) is 11.0. The van der Waals surface area contributed by atoms with Crippen LogP contribution >= 0.6 is 0 Å². The lowest BCUT2D eigenvalue weighted by Crippen LogP contribution is -2.55. The minimum absolute atomic E-state index is 0.0125. The molecule has 0 spiro atoms. The van der Waals surface area contributed by atoms with Crippen LogP contribution in [0.2, 0.25) is 0 Å². The molecule has 4 N–H and O–H groups in total. The number of hydrogen-bond donors (Lipinski definition) is 4. The second kappa shape index (κ2) is 29.1. The fraction of sp³-hybridized carbons (Fsp3) is 0.618. The van der Waals surface area contributed by atoms with Gasteiger partial charge in [0.15, 0.2) is 5.96 Å². The van der Waals surface area contributed by atoms with Gasteiger partial charge in [-0.25, -0.2) is 4.99 Å². The van der Waals surface area contributed by atoms with Gasteiger partial charge in [-0.2, -0.15) is 0 Å². The molecule has 1 fully saturated rings. The van der Waals surface area contributed by atoms with E-state index in [1.165, 1.54) is 24.2 Å². The van der Waals surface area contributed by atoms with E-state index < -0.39 is 60.3 Å². The summed E-state index contributed by atoms with van der Waals surface area (Å²) in [5.41, 5.74) is 2.21. The van der Waals surface area contributed by atoms with Gasteiger partial charge in [0.05, 0.1) is 36.6 Å². The van der Waals surface area contributed by atoms with Gasteiger partial charge >= 0.3 is 0 Å². The largest absolute Gasteiger partial charge is 0.379 e. The first-order valence-electron chi connectivity index (χ1n) is 25.9. The van der Waals surface area contributed by atoms with E-state index in [1.54, 1.807) is 43.0 Å². The first-order valence-corrected chi connectivity index (χ1v) is 25.9. The maximum Gasteiger partial charge on any atom is 0.248 e. The third kappa shape index (κ3) is 17.1. The van der Waals surface area contributed by atoms with Crippen molar-refractivity contribution in [1.82, 2.24) is 35.1 Å². The number of aliphatic hydroxyl groups excluding tert-OH is 1. The predicted octanol–water partition coefficient (Wildman–Crippen LogP) is 4.67. The molecule has 2 aliphatic heterocycles. The minimum Gasteiger partial charge on any atom is -0.379 e. The van der Waals surface area contributed by atoms with Crippen molar-refractivity contribution < 1.29 is 43.3 Å². The number of rotatable bonds is 27. The second-order valence-corrected chi connectivity index (χ2v) is 20.3. The first-order chi connectivity index (χ1) is 34.7. The Morgan fingerprint density at radius 3 is 2.11 bits per heavy atom. The number of anilines is 1. The molecule has 18 nitrogen and oxygen atoms in total. The molecule has 1 saturated heterocycles. The minimum atomic E-state index is -0.953. The smallest absolute Gasteiger partial charge is 0.248 e. The second-order valence-electron chi connectivity index (χ2n) is 20.3. The summed E-state index contributed by atoms with van der Waals surface area (Å²) < 4.78 is 12.2. The molecule has 2 aromatic carbocycles. The van der Waals surface area contributed by atoms with E-state index in [0.717, 1.165) is 24.0 Å². The third-order valence-electron chi connectivity index (χ3n) is 14.1. The quantitative estimate of drug-likeness (QED) is 0.0550. The summed E-state index contributed by atoms with van der Waals surface area (Å²) in [5.74, 6) is -1.62. The number of aliphatic imine (C=N–C) groups is 1. The van der Waals surface area contributed by atoms with E-state index >= 15 is 0 Å². The van der Waals surface area contributed by atoms with E-state index in [0.29, 0.717) is 63.4 Å². The number of likely N-dealkylation sites (tertiary alicyclic amines) is 1. The van der Waals surface area contributed by atoms with Crippen LogP contribution in [-0.4, -0.2) is 176 Å². The SMILES string of the molecule is CC[C@H](C)[C@@H]([C@@H](CC(=O)N1CCC[C@H]1[C@H](OC)[C@@H](C)C(=O)N[C@@H](Cc1ccccc1)C(=O)Nc1ccc(CNC(=O)CCCCCN2C(=O)C=CC2O)cc1)OC)N(C)C(=O)[C@@H](N=C(N(C)C)N(C)C)C(C)C. The molecule has 404 valence electrons. The summed E-state index contributed by atoms with van der Waals surface area (Å²) >= 11 is 0. The molecule has 2 aromatic rings. The van der Waals surface area contributed by atoms with Gasteiger partial charge in [-0.05, 0) is 66.9 Å². The van der Waals surface area contributed by atoms with Crippen LogP contribution in [0.15, 0.2) is 71.7 Å². The molecule has 0 radical (unpaired) electrons. The van der Waals surface area contributed by atoms with Crippen LogP contribution in [0.3, 0.4) is 0 Å². The van der Waals surface area contributed by atoms with Gasteiger partial charge in [0.25, 0.3) is 0 Å². The van der Waals surface area contributed by atoms with E-state index in [9.17, 15) is 33.9 Å². The first kappa shape index (κ1) is 59.7. The van der Waals surface area contributed by atoms with Crippen molar-refractivity contribution >= 4 is 47.1 Å². The van der Waals surface area contributed by atoms with Crippen molar-refractivity contribution in [2.24, 2.45) is 22.7 Å². The molecule has 0 saturated carbocycles. The number of carbonyl (C=O) groups excluding carboxylic acids is 6. The van der Waals surface area contributed by atoms with Crippen molar-refractivity contribution in [3.63, 3.8) is 0 Å². The Morgan fingerprint density at radius 1 is 0.863 bits per heavy atom. The molecule has 4 rings (SSSR count). The number of unbranched alkanes of at least 4 members (excludes halogenated alkanes) is 2. The molecule has 2 heterocycles. The van der Waals surface area contributed by atoms with E-state index in [-0.39, 0.29) is 48.3 Å². The predicted molar refractivity (Wildman–Crippen MR) is 284 cm³/mol. The molecule has 0 aliphatic carbocycles. The standard InChI is InChI=1S/C55H85N9O9/c1-13-37(4)50(62(10)54(71)49(36(2)3)59-55(60(6)7)61(8)9)44(72-11)34-48(68)63-32-20-23-43(63)51(73-12)38(5)52(69)58-42(33-39-21-16-14-17-22-39)53(70)57-41-27-25-40(26-28-41)35-56-45(65)24-18-15-19-31-64-46(66)29-30-47(64)67/h14,16-17,21-22,25-30,36-38,42-44,46,49-51,66H,13,15,18-20,23-24,31-35H2,1-12H3,(H,56,65)(H,57,70)(H,58,69)/t37-,38+,42-,43-,44+,46?,49-,50-,51+/m0/s1. The summed E-state index contributed by atoms with van der Waals surface area (Å²) in [6.07, 6.45) is 5.32. The summed E-state index contributed by atoms with van der Waals surface area (Å²) in [6, 6.07) is 14.1. The Bertz CT molecular complexity index is 2160. The summed E-state index contributed by atoms with van der Waals surface area (Å²) in [5, 5.41) is 18.7. The van der Waals surface area contributed by atoms with Crippen molar-refractivity contribution in [3.8, 4) is 0 Å². The zero-order valence-corrected chi connectivity index (χ0v) is 45.5. The maximum absolute atomic E-state index is 14.5. The van der Waals surface area contributed by atoms with Crippen LogP contribution < -0.4 is 16.0 Å². The molecule has 0 bridgehead atoms. The number of carbonyl (C=O) groups is 6. The molecule has 0 aromatic heterocycles. The van der Waals surface area contributed by atoms with Gasteiger partial charge in [0.1, 0.15) is 18.3 Å².